The highest BCUT2D eigenvalue weighted by atomic mass is 16.5. The first-order chi connectivity index (χ1) is 10.1. The van der Waals surface area contributed by atoms with E-state index in [1.807, 2.05) is 12.1 Å². The average molecular weight is 287 g/mol. The first kappa shape index (κ1) is 13.9. The van der Waals surface area contributed by atoms with Gasteiger partial charge < -0.3 is 15.8 Å². The molecule has 0 bridgehead atoms. The van der Waals surface area contributed by atoms with Crippen molar-refractivity contribution in [3.05, 3.63) is 29.8 Å². The lowest BCUT2D eigenvalue weighted by Crippen LogP contribution is -2.13. The van der Waals surface area contributed by atoms with Gasteiger partial charge in [0.2, 0.25) is 5.91 Å². The number of carbonyl (C=O) groups is 1. The topological polar surface area (TPSA) is 76.7 Å². The number of benzene rings is 1. The van der Waals surface area contributed by atoms with E-state index in [-0.39, 0.29) is 11.9 Å². The normalized spacial score (nSPS) is 22.3. The van der Waals surface area contributed by atoms with Crippen LogP contribution in [0.15, 0.2) is 29.3 Å². The van der Waals surface area contributed by atoms with Gasteiger partial charge in [-0.2, -0.15) is 0 Å². The molecule has 0 aromatic heterocycles. The average Bonchev–Trinajstić information content (AvgIpc) is 3.13. The van der Waals surface area contributed by atoms with E-state index in [1.165, 1.54) is 25.3 Å². The quantitative estimate of drug-likeness (QED) is 0.871. The highest BCUT2D eigenvalue weighted by molar-refractivity contribution is 5.88. The molecule has 3 N–H and O–H groups in total. The Bertz CT molecular complexity index is 561. The zero-order valence-electron chi connectivity index (χ0n) is 12.3. The summed E-state index contributed by atoms with van der Waals surface area (Å²) in [6.45, 7) is 2.13. The van der Waals surface area contributed by atoms with E-state index in [1.54, 1.807) is 0 Å². The van der Waals surface area contributed by atoms with Crippen LogP contribution in [-0.2, 0) is 14.9 Å². The SMILES string of the molecule is CC(=O)Nc1ccc(C2(CC[C@H]3COC(N)=N3)CC2)cc1. The molecule has 112 valence electrons. The summed E-state index contributed by atoms with van der Waals surface area (Å²) in [4.78, 5) is 15.3. The fourth-order valence-electron chi connectivity index (χ4n) is 2.97. The number of amidine groups is 1. The molecule has 1 heterocycles. The van der Waals surface area contributed by atoms with Crippen molar-refractivity contribution in [3.8, 4) is 0 Å². The molecule has 1 saturated carbocycles. The monoisotopic (exact) mass is 287 g/mol. The van der Waals surface area contributed by atoms with E-state index in [0.717, 1.165) is 18.5 Å². The summed E-state index contributed by atoms with van der Waals surface area (Å²) in [6, 6.07) is 8.74. The molecule has 1 aromatic rings. The largest absolute Gasteiger partial charge is 0.463 e. The zero-order valence-corrected chi connectivity index (χ0v) is 12.3. The fourth-order valence-corrected chi connectivity index (χ4v) is 2.97. The molecule has 1 amide bonds. The second-order valence-corrected chi connectivity index (χ2v) is 6.01. The summed E-state index contributed by atoms with van der Waals surface area (Å²) in [5, 5.41) is 2.80. The van der Waals surface area contributed by atoms with E-state index in [4.69, 9.17) is 10.5 Å². The minimum atomic E-state index is -0.0411. The molecule has 0 spiro atoms. The minimum absolute atomic E-state index is 0.0411. The Balaban J connectivity index is 1.61. The fraction of sp³-hybridized carbons (Fsp3) is 0.500. The Morgan fingerprint density at radius 2 is 2.14 bits per heavy atom. The van der Waals surface area contributed by atoms with E-state index in [9.17, 15) is 4.79 Å². The van der Waals surface area contributed by atoms with Crippen LogP contribution in [0.5, 0.6) is 0 Å². The molecule has 1 aromatic carbocycles. The van der Waals surface area contributed by atoms with Crippen LogP contribution in [0, 0.1) is 0 Å². The lowest BCUT2D eigenvalue weighted by Gasteiger charge is -2.17. The first-order valence-electron chi connectivity index (χ1n) is 7.42. The smallest absolute Gasteiger partial charge is 0.282 e. The number of hydrogen-bond acceptors (Lipinski definition) is 4. The molecule has 1 fully saturated rings. The first-order valence-corrected chi connectivity index (χ1v) is 7.42. The van der Waals surface area contributed by atoms with Crippen molar-refractivity contribution >= 4 is 17.6 Å². The van der Waals surface area contributed by atoms with Crippen LogP contribution in [0.4, 0.5) is 5.69 Å². The van der Waals surface area contributed by atoms with Gasteiger partial charge in [0.15, 0.2) is 0 Å². The van der Waals surface area contributed by atoms with Crippen LogP contribution in [-0.4, -0.2) is 24.6 Å². The van der Waals surface area contributed by atoms with Crippen molar-refractivity contribution < 1.29 is 9.53 Å². The summed E-state index contributed by atoms with van der Waals surface area (Å²) in [5.41, 5.74) is 8.04. The van der Waals surface area contributed by atoms with Crippen molar-refractivity contribution in [1.29, 1.82) is 0 Å². The number of anilines is 1. The lowest BCUT2D eigenvalue weighted by atomic mass is 9.89. The maximum atomic E-state index is 11.0. The molecule has 1 atom stereocenters. The van der Waals surface area contributed by atoms with Crippen molar-refractivity contribution in [1.82, 2.24) is 0 Å². The van der Waals surface area contributed by atoms with E-state index in [0.29, 0.717) is 18.0 Å². The summed E-state index contributed by atoms with van der Waals surface area (Å²) in [6.07, 6.45) is 4.56. The molecule has 0 saturated heterocycles. The Labute approximate surface area is 124 Å². The van der Waals surface area contributed by atoms with Crippen LogP contribution in [0.2, 0.25) is 0 Å². The standard InChI is InChI=1S/C16H21N3O2/c1-11(20)18-13-4-2-12(3-5-13)16(8-9-16)7-6-14-10-21-15(17)19-14/h2-5,14H,6-10H2,1H3,(H2,17,19)(H,18,20)/t14-/m0/s1. The number of aliphatic imine (C=N–C) groups is 1. The molecule has 0 unspecified atom stereocenters. The second kappa shape index (κ2) is 5.39. The maximum absolute atomic E-state index is 11.0. The lowest BCUT2D eigenvalue weighted by molar-refractivity contribution is -0.114. The number of hydrogen-bond donors (Lipinski definition) is 2. The van der Waals surface area contributed by atoms with Gasteiger partial charge >= 0.3 is 0 Å². The number of nitrogens with two attached hydrogens (primary N) is 1. The van der Waals surface area contributed by atoms with Crippen molar-refractivity contribution in [2.75, 3.05) is 11.9 Å². The number of carbonyl (C=O) groups excluding carboxylic acids is 1. The van der Waals surface area contributed by atoms with Gasteiger partial charge in [-0.05, 0) is 48.8 Å². The minimum Gasteiger partial charge on any atom is -0.463 e. The number of ether oxygens (including phenoxy) is 1. The van der Waals surface area contributed by atoms with Crippen LogP contribution < -0.4 is 11.1 Å². The zero-order chi connectivity index (χ0) is 14.9. The van der Waals surface area contributed by atoms with Crippen LogP contribution in [0.3, 0.4) is 0 Å². The van der Waals surface area contributed by atoms with E-state index < -0.39 is 0 Å². The molecule has 5 nitrogen and oxygen atoms in total. The van der Waals surface area contributed by atoms with Crippen molar-refractivity contribution in [2.24, 2.45) is 10.7 Å². The predicted molar refractivity (Wildman–Crippen MR) is 82.3 cm³/mol. The Morgan fingerprint density at radius 3 is 2.67 bits per heavy atom. The third-order valence-corrected chi connectivity index (χ3v) is 4.36. The van der Waals surface area contributed by atoms with E-state index >= 15 is 0 Å². The van der Waals surface area contributed by atoms with Gasteiger partial charge in [-0.15, -0.1) is 0 Å². The van der Waals surface area contributed by atoms with Gasteiger partial charge in [0.1, 0.15) is 6.61 Å². The Hall–Kier alpha value is -2.04. The van der Waals surface area contributed by atoms with Crippen molar-refractivity contribution in [3.63, 3.8) is 0 Å². The molecule has 0 radical (unpaired) electrons. The van der Waals surface area contributed by atoms with Crippen LogP contribution in [0.25, 0.3) is 0 Å². The van der Waals surface area contributed by atoms with Gasteiger partial charge in [-0.1, -0.05) is 12.1 Å². The molecule has 1 aliphatic carbocycles. The van der Waals surface area contributed by atoms with Gasteiger partial charge in [0.25, 0.3) is 6.02 Å². The number of rotatable bonds is 5. The van der Waals surface area contributed by atoms with Gasteiger partial charge in [0, 0.05) is 12.6 Å². The number of amides is 1. The second-order valence-electron chi connectivity index (χ2n) is 6.01. The summed E-state index contributed by atoms with van der Waals surface area (Å²) in [7, 11) is 0. The highest BCUT2D eigenvalue weighted by Crippen LogP contribution is 2.52. The summed E-state index contributed by atoms with van der Waals surface area (Å²) in [5.74, 6) is -0.0411. The molecular formula is C16H21N3O2. The number of nitrogens with zero attached hydrogens (tertiary/aromatic N) is 1. The molecule has 5 heteroatoms. The van der Waals surface area contributed by atoms with Crippen LogP contribution in [0.1, 0.15) is 38.2 Å². The highest BCUT2D eigenvalue weighted by Gasteiger charge is 2.44. The molecule has 1 aliphatic heterocycles. The van der Waals surface area contributed by atoms with E-state index in [2.05, 4.69) is 22.4 Å². The van der Waals surface area contributed by atoms with Gasteiger partial charge in [-0.25, -0.2) is 4.99 Å². The predicted octanol–water partition coefficient (Wildman–Crippen LogP) is 2.17. The molecule has 21 heavy (non-hydrogen) atoms. The van der Waals surface area contributed by atoms with Crippen LogP contribution >= 0.6 is 0 Å². The molecule has 2 aliphatic rings. The van der Waals surface area contributed by atoms with Gasteiger partial charge in [-0.3, -0.25) is 4.79 Å². The van der Waals surface area contributed by atoms with Gasteiger partial charge in [0.05, 0.1) is 6.04 Å². The Morgan fingerprint density at radius 1 is 1.43 bits per heavy atom. The maximum Gasteiger partial charge on any atom is 0.282 e. The van der Waals surface area contributed by atoms with Crippen molar-refractivity contribution in [2.45, 2.75) is 44.1 Å². The summed E-state index contributed by atoms with van der Waals surface area (Å²) >= 11 is 0. The third kappa shape index (κ3) is 3.17. The summed E-state index contributed by atoms with van der Waals surface area (Å²) < 4.78 is 5.20. The molecule has 3 rings (SSSR count). The Kier molecular flexibility index (Phi) is 3.57. The third-order valence-electron chi connectivity index (χ3n) is 4.36. The number of nitrogens with one attached hydrogen (secondary N) is 1. The molecular weight excluding hydrogens is 266 g/mol.